The van der Waals surface area contributed by atoms with Crippen LogP contribution in [0.5, 0.6) is 0 Å². The fourth-order valence-electron chi connectivity index (χ4n) is 0.563. The molecule has 0 saturated carbocycles. The normalized spacial score (nSPS) is 9.56. The van der Waals surface area contributed by atoms with E-state index in [0.29, 0.717) is 10.9 Å². The zero-order valence-electron chi connectivity index (χ0n) is 4.70. The minimum Gasteiger partial charge on any atom is -0.122 e. The summed E-state index contributed by atoms with van der Waals surface area (Å²) in [5.41, 5.74) is 0.934. The van der Waals surface area contributed by atoms with Gasteiger partial charge in [-0.15, -0.1) is 11.6 Å². The Hall–Kier alpha value is -0.200. The molecule has 47 valence electrons. The summed E-state index contributed by atoms with van der Waals surface area (Å²) in [7, 11) is 0. The molecule has 9 heavy (non-hydrogen) atoms. The lowest BCUT2D eigenvalue weighted by atomic mass is 10.2. The van der Waals surface area contributed by atoms with E-state index in [4.69, 9.17) is 23.2 Å². The minimum atomic E-state index is 0.473. The number of halogens is 2. The van der Waals surface area contributed by atoms with Crippen LogP contribution in [0.1, 0.15) is 5.56 Å². The van der Waals surface area contributed by atoms with Crippen molar-refractivity contribution in [3.8, 4) is 0 Å². The predicted octanol–water partition coefficient (Wildman–Crippen LogP) is 2.88. The average Bonchev–Trinajstić information content (AvgIpc) is 1.88. The molecular weight excluding hydrogens is 155 g/mol. The first-order chi connectivity index (χ1) is 4.33. The first-order valence-electron chi connectivity index (χ1n) is 2.55. The second kappa shape index (κ2) is 3.09. The Balaban J connectivity index is 2.94. The van der Waals surface area contributed by atoms with E-state index in [1.165, 1.54) is 0 Å². The molecule has 0 unspecified atom stereocenters. The lowest BCUT2D eigenvalue weighted by Crippen LogP contribution is -1.74. The van der Waals surface area contributed by atoms with Gasteiger partial charge in [0, 0.05) is 17.0 Å². The van der Waals surface area contributed by atoms with Crippen LogP contribution in [0.25, 0.3) is 0 Å². The van der Waals surface area contributed by atoms with Gasteiger partial charge in [0.05, 0.1) is 0 Å². The molecule has 0 spiro atoms. The molecule has 0 fully saturated rings. The Labute approximate surface area is 64.4 Å². The third kappa shape index (κ3) is 1.88. The number of hydrogen-bond donors (Lipinski definition) is 0. The molecule has 2 heteroatoms. The molecule has 0 nitrogen and oxygen atoms in total. The van der Waals surface area contributed by atoms with Crippen molar-refractivity contribution in [2.24, 2.45) is 0 Å². The maximum atomic E-state index is 5.61. The zero-order chi connectivity index (χ0) is 6.69. The third-order valence-corrected chi connectivity index (χ3v) is 1.47. The average molecular weight is 160 g/mol. The van der Waals surface area contributed by atoms with Gasteiger partial charge in [0.2, 0.25) is 0 Å². The van der Waals surface area contributed by atoms with Gasteiger partial charge >= 0.3 is 0 Å². The molecule has 0 atom stereocenters. The van der Waals surface area contributed by atoms with Crippen LogP contribution in [0, 0.1) is 6.07 Å². The van der Waals surface area contributed by atoms with Crippen LogP contribution in [0.3, 0.4) is 0 Å². The largest absolute Gasteiger partial charge is 0.122 e. The van der Waals surface area contributed by atoms with Gasteiger partial charge in [-0.05, 0) is 11.6 Å². The number of hydrogen-bond acceptors (Lipinski definition) is 0. The Kier molecular flexibility index (Phi) is 2.38. The Morgan fingerprint density at radius 1 is 1.44 bits per heavy atom. The maximum Gasteiger partial charge on any atom is 0.0488 e. The number of rotatable bonds is 1. The van der Waals surface area contributed by atoms with Crippen LogP contribution in [0.15, 0.2) is 18.2 Å². The molecule has 1 rings (SSSR count). The monoisotopic (exact) mass is 159 g/mol. The maximum absolute atomic E-state index is 5.61. The SMILES string of the molecule is ClCc1[c]c(Cl)ccc1. The summed E-state index contributed by atoms with van der Waals surface area (Å²) in [6, 6.07) is 8.41. The van der Waals surface area contributed by atoms with Crippen molar-refractivity contribution in [3.63, 3.8) is 0 Å². The van der Waals surface area contributed by atoms with Crippen LogP contribution in [-0.4, -0.2) is 0 Å². The number of alkyl halides is 1. The van der Waals surface area contributed by atoms with Crippen LogP contribution in [0.2, 0.25) is 5.02 Å². The van der Waals surface area contributed by atoms with E-state index < -0.39 is 0 Å². The molecule has 0 amide bonds. The highest BCUT2D eigenvalue weighted by Crippen LogP contribution is 2.10. The Morgan fingerprint density at radius 2 is 2.22 bits per heavy atom. The third-order valence-electron chi connectivity index (χ3n) is 0.964. The van der Waals surface area contributed by atoms with Crippen LogP contribution >= 0.6 is 23.2 Å². The molecule has 0 aliphatic rings. The summed E-state index contributed by atoms with van der Waals surface area (Å²) in [6.07, 6.45) is 0. The standard InChI is InChI=1S/C7H5Cl2/c8-5-6-2-1-3-7(9)4-6/h1-3H,5H2. The lowest BCUT2D eigenvalue weighted by Gasteiger charge is -1.91. The molecule has 0 saturated heterocycles. The first-order valence-corrected chi connectivity index (χ1v) is 3.47. The van der Waals surface area contributed by atoms with Crippen molar-refractivity contribution >= 4 is 23.2 Å². The van der Waals surface area contributed by atoms with E-state index in [1.807, 2.05) is 12.1 Å². The van der Waals surface area contributed by atoms with Crippen LogP contribution < -0.4 is 0 Å². The van der Waals surface area contributed by atoms with Gasteiger partial charge in [0.15, 0.2) is 0 Å². The highest BCUT2D eigenvalue weighted by molar-refractivity contribution is 6.30. The van der Waals surface area contributed by atoms with Crippen LogP contribution in [0.4, 0.5) is 0 Å². The quantitative estimate of drug-likeness (QED) is 0.554. The van der Waals surface area contributed by atoms with Crippen molar-refractivity contribution in [3.05, 3.63) is 34.9 Å². The smallest absolute Gasteiger partial charge is 0.0488 e. The molecule has 1 aromatic rings. The topological polar surface area (TPSA) is 0 Å². The second-order valence-electron chi connectivity index (χ2n) is 1.66. The van der Waals surface area contributed by atoms with Gasteiger partial charge in [-0.25, -0.2) is 0 Å². The summed E-state index contributed by atoms with van der Waals surface area (Å²) in [5.74, 6) is 0.473. The zero-order valence-corrected chi connectivity index (χ0v) is 6.21. The van der Waals surface area contributed by atoms with Gasteiger partial charge in [-0.3, -0.25) is 0 Å². The highest BCUT2D eigenvalue weighted by atomic mass is 35.5. The predicted molar refractivity (Wildman–Crippen MR) is 39.8 cm³/mol. The van der Waals surface area contributed by atoms with Crippen molar-refractivity contribution in [1.82, 2.24) is 0 Å². The van der Waals surface area contributed by atoms with E-state index in [-0.39, 0.29) is 0 Å². The summed E-state index contributed by atoms with van der Waals surface area (Å²) in [6.45, 7) is 0. The summed E-state index contributed by atoms with van der Waals surface area (Å²) in [5, 5.41) is 0.619. The lowest BCUT2D eigenvalue weighted by molar-refractivity contribution is 1.39. The Morgan fingerprint density at radius 3 is 2.67 bits per heavy atom. The van der Waals surface area contributed by atoms with Gasteiger partial charge < -0.3 is 0 Å². The van der Waals surface area contributed by atoms with E-state index in [9.17, 15) is 0 Å². The molecule has 0 aliphatic heterocycles. The van der Waals surface area contributed by atoms with E-state index in [1.54, 1.807) is 6.07 Å². The Bertz CT molecular complexity index is 196. The molecule has 0 N–H and O–H groups in total. The van der Waals surface area contributed by atoms with Gasteiger partial charge in [0.1, 0.15) is 0 Å². The first kappa shape index (κ1) is 6.91. The molecule has 0 aromatic heterocycles. The van der Waals surface area contributed by atoms with E-state index in [0.717, 1.165) is 5.56 Å². The van der Waals surface area contributed by atoms with E-state index in [2.05, 4.69) is 6.07 Å². The molecule has 1 radical (unpaired) electrons. The van der Waals surface area contributed by atoms with E-state index >= 15 is 0 Å². The van der Waals surface area contributed by atoms with Crippen molar-refractivity contribution in [1.29, 1.82) is 0 Å². The molecule has 0 bridgehead atoms. The van der Waals surface area contributed by atoms with Crippen molar-refractivity contribution in [2.75, 3.05) is 0 Å². The fourth-order valence-corrected chi connectivity index (χ4v) is 0.913. The van der Waals surface area contributed by atoms with Crippen LogP contribution in [-0.2, 0) is 5.88 Å². The van der Waals surface area contributed by atoms with Gasteiger partial charge in [-0.1, -0.05) is 23.7 Å². The second-order valence-corrected chi connectivity index (χ2v) is 2.33. The summed E-state index contributed by atoms with van der Waals surface area (Å²) >= 11 is 11.1. The molecular formula is C7H5Cl2. The fraction of sp³-hybridized carbons (Fsp3) is 0.143. The van der Waals surface area contributed by atoms with Gasteiger partial charge in [-0.2, -0.15) is 0 Å². The molecule has 0 aliphatic carbocycles. The van der Waals surface area contributed by atoms with Gasteiger partial charge in [0.25, 0.3) is 0 Å². The highest BCUT2D eigenvalue weighted by Gasteiger charge is 1.89. The minimum absolute atomic E-state index is 0.473. The molecule has 1 aromatic carbocycles. The number of benzene rings is 1. The van der Waals surface area contributed by atoms with Crippen molar-refractivity contribution in [2.45, 2.75) is 5.88 Å². The summed E-state index contributed by atoms with van der Waals surface area (Å²) in [4.78, 5) is 0. The summed E-state index contributed by atoms with van der Waals surface area (Å²) < 4.78 is 0. The molecule has 0 heterocycles. The van der Waals surface area contributed by atoms with Crippen molar-refractivity contribution < 1.29 is 0 Å².